The topological polar surface area (TPSA) is 43.6 Å². The van der Waals surface area contributed by atoms with Gasteiger partial charge in [0.2, 0.25) is 0 Å². The van der Waals surface area contributed by atoms with Crippen LogP contribution >= 0.6 is 0 Å². The summed E-state index contributed by atoms with van der Waals surface area (Å²) in [5.41, 5.74) is 5.88. The summed E-state index contributed by atoms with van der Waals surface area (Å²) in [6, 6.07) is 10.3. The van der Waals surface area contributed by atoms with E-state index >= 15 is 0 Å². The second-order valence-electron chi connectivity index (χ2n) is 5.40. The molecule has 0 atom stereocenters. The Kier molecular flexibility index (Phi) is 2.81. The Labute approximate surface area is 123 Å². The molecule has 0 fully saturated rings. The van der Waals surface area contributed by atoms with Crippen LogP contribution in [0, 0.1) is 6.92 Å². The molecule has 104 valence electrons. The van der Waals surface area contributed by atoms with Gasteiger partial charge in [-0.1, -0.05) is 12.1 Å². The fourth-order valence-electron chi connectivity index (χ4n) is 2.99. The van der Waals surface area contributed by atoms with Crippen LogP contribution in [0.1, 0.15) is 23.5 Å². The molecule has 0 saturated carbocycles. The Hall–Kier alpha value is -2.49. The van der Waals surface area contributed by atoms with Crippen LogP contribution in [0.3, 0.4) is 0 Å². The van der Waals surface area contributed by atoms with Crippen LogP contribution < -0.4 is 0 Å². The zero-order chi connectivity index (χ0) is 14.2. The molecule has 0 N–H and O–H groups in total. The van der Waals surface area contributed by atoms with Gasteiger partial charge in [0.15, 0.2) is 0 Å². The van der Waals surface area contributed by atoms with Gasteiger partial charge in [-0.25, -0.2) is 14.6 Å². The van der Waals surface area contributed by atoms with Gasteiger partial charge in [0.1, 0.15) is 5.82 Å². The summed E-state index contributed by atoms with van der Waals surface area (Å²) in [4.78, 5) is 9.25. The normalized spacial score (nSPS) is 13.4. The van der Waals surface area contributed by atoms with Crippen molar-refractivity contribution in [3.63, 3.8) is 0 Å². The van der Waals surface area contributed by atoms with Crippen molar-refractivity contribution in [3.05, 3.63) is 59.8 Å². The van der Waals surface area contributed by atoms with Crippen LogP contribution in [0.5, 0.6) is 0 Å². The summed E-state index contributed by atoms with van der Waals surface area (Å²) in [5, 5.41) is 4.25. The molecule has 4 heteroatoms. The van der Waals surface area contributed by atoms with Gasteiger partial charge < -0.3 is 0 Å². The van der Waals surface area contributed by atoms with Gasteiger partial charge in [0, 0.05) is 29.2 Å². The molecule has 1 aliphatic rings. The summed E-state index contributed by atoms with van der Waals surface area (Å²) in [6.07, 6.45) is 7.09. The Morgan fingerprint density at radius 1 is 1.05 bits per heavy atom. The van der Waals surface area contributed by atoms with Crippen molar-refractivity contribution in [1.82, 2.24) is 19.7 Å². The standard InChI is InChI=1S/C17H16N4/c1-12-19-16-5-2-4-15(16)17(20-12)13-6-8-14(9-7-13)21-11-3-10-18-21/h3,6-11H,2,4-5H2,1H3. The molecular weight excluding hydrogens is 260 g/mol. The zero-order valence-corrected chi connectivity index (χ0v) is 12.0. The predicted molar refractivity (Wildman–Crippen MR) is 81.4 cm³/mol. The summed E-state index contributed by atoms with van der Waals surface area (Å²) in [6.45, 7) is 1.97. The number of hydrogen-bond acceptors (Lipinski definition) is 3. The summed E-state index contributed by atoms with van der Waals surface area (Å²) in [7, 11) is 0. The average Bonchev–Trinajstić information content (AvgIpc) is 3.17. The van der Waals surface area contributed by atoms with Crippen molar-refractivity contribution in [3.8, 4) is 16.9 Å². The molecule has 2 aromatic heterocycles. The summed E-state index contributed by atoms with van der Waals surface area (Å²) < 4.78 is 1.86. The molecule has 0 bridgehead atoms. The van der Waals surface area contributed by atoms with Crippen molar-refractivity contribution >= 4 is 0 Å². The number of hydrogen-bond donors (Lipinski definition) is 0. The molecule has 1 aliphatic carbocycles. The number of aryl methyl sites for hydroxylation is 2. The lowest BCUT2D eigenvalue weighted by molar-refractivity contribution is 0.880. The van der Waals surface area contributed by atoms with Crippen molar-refractivity contribution in [2.45, 2.75) is 26.2 Å². The van der Waals surface area contributed by atoms with Crippen LogP contribution in [0.2, 0.25) is 0 Å². The number of fused-ring (bicyclic) bond motifs is 1. The first-order valence-corrected chi connectivity index (χ1v) is 7.28. The molecule has 0 spiro atoms. The molecule has 0 radical (unpaired) electrons. The second kappa shape index (κ2) is 4.81. The van der Waals surface area contributed by atoms with E-state index in [-0.39, 0.29) is 0 Å². The highest BCUT2D eigenvalue weighted by atomic mass is 15.3. The maximum absolute atomic E-state index is 4.67. The highest BCUT2D eigenvalue weighted by Crippen LogP contribution is 2.30. The summed E-state index contributed by atoms with van der Waals surface area (Å²) in [5.74, 6) is 0.863. The Morgan fingerprint density at radius 2 is 1.90 bits per heavy atom. The Bertz CT molecular complexity index is 773. The predicted octanol–water partition coefficient (Wildman–Crippen LogP) is 3.13. The van der Waals surface area contributed by atoms with Crippen LogP contribution in [0.4, 0.5) is 0 Å². The van der Waals surface area contributed by atoms with E-state index in [0.717, 1.165) is 35.6 Å². The van der Waals surface area contributed by atoms with E-state index in [0.29, 0.717) is 0 Å². The highest BCUT2D eigenvalue weighted by molar-refractivity contribution is 5.66. The second-order valence-corrected chi connectivity index (χ2v) is 5.40. The van der Waals surface area contributed by atoms with E-state index < -0.39 is 0 Å². The maximum atomic E-state index is 4.67. The van der Waals surface area contributed by atoms with Crippen molar-refractivity contribution < 1.29 is 0 Å². The van der Waals surface area contributed by atoms with Gasteiger partial charge in [-0.3, -0.25) is 0 Å². The minimum absolute atomic E-state index is 0.863. The molecule has 0 saturated heterocycles. The molecule has 0 unspecified atom stereocenters. The molecule has 4 nitrogen and oxygen atoms in total. The SMILES string of the molecule is Cc1nc2c(c(-c3ccc(-n4cccn4)cc3)n1)CCC2. The molecule has 4 rings (SSSR count). The fourth-order valence-corrected chi connectivity index (χ4v) is 2.99. The van der Waals surface area contributed by atoms with Gasteiger partial charge in [-0.2, -0.15) is 5.10 Å². The number of rotatable bonds is 2. The van der Waals surface area contributed by atoms with Gasteiger partial charge in [0.05, 0.1) is 11.4 Å². The average molecular weight is 276 g/mol. The third-order valence-electron chi connectivity index (χ3n) is 3.95. The largest absolute Gasteiger partial charge is 0.241 e. The number of aromatic nitrogens is 4. The molecule has 1 aromatic carbocycles. The molecule has 3 aromatic rings. The lowest BCUT2D eigenvalue weighted by Gasteiger charge is -2.09. The van der Waals surface area contributed by atoms with E-state index in [2.05, 4.69) is 39.3 Å². The van der Waals surface area contributed by atoms with Crippen LogP contribution in [-0.2, 0) is 12.8 Å². The minimum atomic E-state index is 0.863. The van der Waals surface area contributed by atoms with Crippen molar-refractivity contribution in [2.24, 2.45) is 0 Å². The number of nitrogens with zero attached hydrogens (tertiary/aromatic N) is 4. The van der Waals surface area contributed by atoms with Gasteiger partial charge in [-0.05, 0) is 44.4 Å². The third kappa shape index (κ3) is 2.13. The quantitative estimate of drug-likeness (QED) is 0.722. The first-order valence-electron chi connectivity index (χ1n) is 7.28. The van der Waals surface area contributed by atoms with E-state index in [4.69, 9.17) is 0 Å². The molecular formula is C17H16N4. The van der Waals surface area contributed by atoms with E-state index in [1.165, 1.54) is 17.7 Å². The van der Waals surface area contributed by atoms with Crippen molar-refractivity contribution in [1.29, 1.82) is 0 Å². The lowest BCUT2D eigenvalue weighted by Crippen LogP contribution is -2.00. The smallest absolute Gasteiger partial charge is 0.126 e. The van der Waals surface area contributed by atoms with Crippen LogP contribution in [0.25, 0.3) is 16.9 Å². The van der Waals surface area contributed by atoms with Gasteiger partial charge in [0.25, 0.3) is 0 Å². The lowest BCUT2D eigenvalue weighted by atomic mass is 10.0. The monoisotopic (exact) mass is 276 g/mol. The number of benzene rings is 1. The fraction of sp³-hybridized carbons (Fsp3) is 0.235. The molecule has 0 amide bonds. The zero-order valence-electron chi connectivity index (χ0n) is 12.0. The first-order chi connectivity index (χ1) is 10.3. The van der Waals surface area contributed by atoms with Crippen LogP contribution in [0.15, 0.2) is 42.7 Å². The molecule has 0 aliphatic heterocycles. The van der Waals surface area contributed by atoms with E-state index in [1.54, 1.807) is 6.20 Å². The molecule has 2 heterocycles. The highest BCUT2D eigenvalue weighted by Gasteiger charge is 2.19. The minimum Gasteiger partial charge on any atom is -0.241 e. The first kappa shape index (κ1) is 12.3. The van der Waals surface area contributed by atoms with Gasteiger partial charge in [-0.15, -0.1) is 0 Å². The van der Waals surface area contributed by atoms with E-state index in [1.807, 2.05) is 23.9 Å². The Balaban J connectivity index is 1.78. The van der Waals surface area contributed by atoms with Gasteiger partial charge >= 0.3 is 0 Å². The maximum Gasteiger partial charge on any atom is 0.126 e. The summed E-state index contributed by atoms with van der Waals surface area (Å²) >= 11 is 0. The third-order valence-corrected chi connectivity index (χ3v) is 3.95. The van der Waals surface area contributed by atoms with E-state index in [9.17, 15) is 0 Å². The molecule has 21 heavy (non-hydrogen) atoms. The van der Waals surface area contributed by atoms with Crippen LogP contribution in [-0.4, -0.2) is 19.7 Å². The Morgan fingerprint density at radius 3 is 2.67 bits per heavy atom. The van der Waals surface area contributed by atoms with Crippen molar-refractivity contribution in [2.75, 3.05) is 0 Å².